The highest BCUT2D eigenvalue weighted by Gasteiger charge is 2.20. The molecule has 1 unspecified atom stereocenters. The van der Waals surface area contributed by atoms with Gasteiger partial charge in [-0.2, -0.15) is 5.10 Å². The number of carbonyl (C=O) groups excluding carboxylic acids is 1. The predicted molar refractivity (Wildman–Crippen MR) is 54.4 cm³/mol. The van der Waals surface area contributed by atoms with Crippen LogP contribution in [0.1, 0.15) is 16.9 Å². The van der Waals surface area contributed by atoms with Crippen LogP contribution >= 0.6 is 0 Å². The van der Waals surface area contributed by atoms with Gasteiger partial charge in [0.1, 0.15) is 5.82 Å². The summed E-state index contributed by atoms with van der Waals surface area (Å²) in [5, 5.41) is 16.1. The second-order valence-electron chi connectivity index (χ2n) is 3.72. The van der Waals surface area contributed by atoms with Gasteiger partial charge in [-0.3, -0.25) is 4.79 Å². The molecule has 1 aromatic heterocycles. The molecule has 15 heavy (non-hydrogen) atoms. The zero-order valence-electron chi connectivity index (χ0n) is 8.31. The van der Waals surface area contributed by atoms with Crippen LogP contribution in [0.4, 0.5) is 5.82 Å². The van der Waals surface area contributed by atoms with Crippen molar-refractivity contribution in [3.05, 3.63) is 11.8 Å². The lowest BCUT2D eigenvalue weighted by Gasteiger charge is -2.23. The molecule has 1 aromatic rings. The maximum absolute atomic E-state index is 10.9. The van der Waals surface area contributed by atoms with Crippen LogP contribution in [-0.2, 0) is 6.54 Å². The molecule has 0 saturated heterocycles. The smallest absolute Gasteiger partial charge is 0.269 e. The second kappa shape index (κ2) is 3.90. The van der Waals surface area contributed by atoms with Gasteiger partial charge < -0.3 is 16.2 Å². The number of amides is 1. The molecule has 0 saturated carbocycles. The molecule has 82 valence electrons. The zero-order chi connectivity index (χ0) is 10.8. The van der Waals surface area contributed by atoms with Gasteiger partial charge in [0.05, 0.1) is 0 Å². The lowest BCUT2D eigenvalue weighted by atomic mass is 10.1. The summed E-state index contributed by atoms with van der Waals surface area (Å²) in [5.41, 5.74) is 5.42. The van der Waals surface area contributed by atoms with Gasteiger partial charge in [0.2, 0.25) is 0 Å². The standard InChI is InChI=1S/C9H14N4O2/c10-9(15)7-3-8-11-4-6(1-2-14)5-13(8)12-7/h3,6,11,14H,1-2,4-5H2,(H2,10,15). The summed E-state index contributed by atoms with van der Waals surface area (Å²) in [5.74, 6) is 0.651. The van der Waals surface area contributed by atoms with E-state index in [1.807, 2.05) is 0 Å². The Kier molecular flexibility index (Phi) is 2.59. The van der Waals surface area contributed by atoms with Crippen LogP contribution in [0, 0.1) is 5.92 Å². The van der Waals surface area contributed by atoms with Gasteiger partial charge in [-0.25, -0.2) is 4.68 Å². The SMILES string of the molecule is NC(=O)c1cc2n(n1)CC(CCO)CN2. The Morgan fingerprint density at radius 2 is 2.60 bits per heavy atom. The number of hydrogen-bond donors (Lipinski definition) is 3. The molecule has 0 radical (unpaired) electrons. The van der Waals surface area contributed by atoms with E-state index >= 15 is 0 Å². The Labute approximate surface area is 87.1 Å². The summed E-state index contributed by atoms with van der Waals surface area (Å²) in [6.07, 6.45) is 0.734. The van der Waals surface area contributed by atoms with Crippen molar-refractivity contribution in [1.82, 2.24) is 9.78 Å². The largest absolute Gasteiger partial charge is 0.396 e. The third kappa shape index (κ3) is 1.94. The molecule has 1 aliphatic heterocycles. The number of hydrogen-bond acceptors (Lipinski definition) is 4. The first kappa shape index (κ1) is 9.97. The average Bonchev–Trinajstić information content (AvgIpc) is 2.61. The van der Waals surface area contributed by atoms with Crippen LogP contribution in [0.3, 0.4) is 0 Å². The monoisotopic (exact) mass is 210 g/mol. The molecule has 0 fully saturated rings. The third-order valence-electron chi connectivity index (χ3n) is 2.57. The van der Waals surface area contributed by atoms with Crippen LogP contribution in [-0.4, -0.2) is 33.9 Å². The van der Waals surface area contributed by atoms with Gasteiger partial charge in [-0.1, -0.05) is 0 Å². The summed E-state index contributed by atoms with van der Waals surface area (Å²) < 4.78 is 1.73. The molecule has 6 heteroatoms. The minimum atomic E-state index is -0.516. The Bertz CT molecular complexity index is 374. The molecule has 4 N–H and O–H groups in total. The van der Waals surface area contributed by atoms with Crippen molar-refractivity contribution in [1.29, 1.82) is 0 Å². The fourth-order valence-corrected chi connectivity index (χ4v) is 1.75. The second-order valence-corrected chi connectivity index (χ2v) is 3.72. The fourth-order valence-electron chi connectivity index (χ4n) is 1.75. The summed E-state index contributed by atoms with van der Waals surface area (Å²) in [4.78, 5) is 10.9. The molecule has 1 amide bonds. The number of primary amides is 1. The number of nitrogens with two attached hydrogens (primary N) is 1. The van der Waals surface area contributed by atoms with E-state index in [1.165, 1.54) is 0 Å². The molecule has 1 aliphatic rings. The average molecular weight is 210 g/mol. The number of fused-ring (bicyclic) bond motifs is 1. The zero-order valence-corrected chi connectivity index (χ0v) is 8.31. The highest BCUT2D eigenvalue weighted by molar-refractivity contribution is 5.91. The fraction of sp³-hybridized carbons (Fsp3) is 0.556. The highest BCUT2D eigenvalue weighted by Crippen LogP contribution is 2.20. The number of rotatable bonds is 3. The molecular weight excluding hydrogens is 196 g/mol. The van der Waals surface area contributed by atoms with E-state index in [-0.39, 0.29) is 12.3 Å². The maximum atomic E-state index is 10.9. The van der Waals surface area contributed by atoms with E-state index in [0.29, 0.717) is 5.92 Å². The number of carbonyl (C=O) groups is 1. The maximum Gasteiger partial charge on any atom is 0.269 e. The summed E-state index contributed by atoms with van der Waals surface area (Å²) >= 11 is 0. The van der Waals surface area contributed by atoms with Crippen LogP contribution in [0.15, 0.2) is 6.07 Å². The lowest BCUT2D eigenvalue weighted by Crippen LogP contribution is -2.28. The topological polar surface area (TPSA) is 93.2 Å². The van der Waals surface area contributed by atoms with Crippen LogP contribution in [0.25, 0.3) is 0 Å². The van der Waals surface area contributed by atoms with Crippen molar-refractivity contribution in [3.63, 3.8) is 0 Å². The van der Waals surface area contributed by atoms with Crippen molar-refractivity contribution in [2.75, 3.05) is 18.5 Å². The minimum absolute atomic E-state index is 0.172. The lowest BCUT2D eigenvalue weighted by molar-refractivity contribution is 0.0994. The van der Waals surface area contributed by atoms with E-state index in [9.17, 15) is 4.79 Å². The van der Waals surface area contributed by atoms with Crippen molar-refractivity contribution >= 4 is 11.7 Å². The Balaban J connectivity index is 2.15. The molecular formula is C9H14N4O2. The number of aliphatic hydroxyl groups excluding tert-OH is 1. The molecule has 0 spiro atoms. The minimum Gasteiger partial charge on any atom is -0.396 e. The van der Waals surface area contributed by atoms with E-state index in [4.69, 9.17) is 10.8 Å². The van der Waals surface area contributed by atoms with Crippen LogP contribution < -0.4 is 11.1 Å². The van der Waals surface area contributed by atoms with Gasteiger partial charge in [0.25, 0.3) is 5.91 Å². The molecule has 2 rings (SSSR count). The Morgan fingerprint density at radius 3 is 3.27 bits per heavy atom. The number of anilines is 1. The van der Waals surface area contributed by atoms with Crippen molar-refractivity contribution in [3.8, 4) is 0 Å². The summed E-state index contributed by atoms with van der Waals surface area (Å²) in [6, 6.07) is 1.65. The predicted octanol–water partition coefficient (Wildman–Crippen LogP) is -0.594. The highest BCUT2D eigenvalue weighted by atomic mass is 16.3. The quantitative estimate of drug-likeness (QED) is 0.621. The van der Waals surface area contributed by atoms with Gasteiger partial charge in [-0.05, 0) is 12.3 Å². The first-order chi connectivity index (χ1) is 7.20. The normalized spacial score (nSPS) is 19.4. The molecule has 6 nitrogen and oxygen atoms in total. The molecule has 0 aromatic carbocycles. The molecule has 1 atom stereocenters. The molecule has 2 heterocycles. The molecule has 0 bridgehead atoms. The van der Waals surface area contributed by atoms with Crippen molar-refractivity contribution < 1.29 is 9.90 Å². The summed E-state index contributed by atoms with van der Waals surface area (Å²) in [6.45, 7) is 1.69. The van der Waals surface area contributed by atoms with Crippen LogP contribution in [0.2, 0.25) is 0 Å². The van der Waals surface area contributed by atoms with E-state index in [2.05, 4.69) is 10.4 Å². The van der Waals surface area contributed by atoms with E-state index in [0.717, 1.165) is 25.3 Å². The van der Waals surface area contributed by atoms with Gasteiger partial charge >= 0.3 is 0 Å². The first-order valence-corrected chi connectivity index (χ1v) is 4.93. The van der Waals surface area contributed by atoms with Crippen LogP contribution in [0.5, 0.6) is 0 Å². The number of nitrogens with one attached hydrogen (secondary N) is 1. The Morgan fingerprint density at radius 1 is 1.80 bits per heavy atom. The third-order valence-corrected chi connectivity index (χ3v) is 2.57. The van der Waals surface area contributed by atoms with Gasteiger partial charge in [-0.15, -0.1) is 0 Å². The number of aliphatic hydroxyl groups is 1. The number of aromatic nitrogens is 2. The summed E-state index contributed by atoms with van der Waals surface area (Å²) in [7, 11) is 0. The van der Waals surface area contributed by atoms with Gasteiger partial charge in [0.15, 0.2) is 5.69 Å². The van der Waals surface area contributed by atoms with E-state index in [1.54, 1.807) is 10.7 Å². The van der Waals surface area contributed by atoms with Crippen molar-refractivity contribution in [2.45, 2.75) is 13.0 Å². The van der Waals surface area contributed by atoms with Gasteiger partial charge in [0, 0.05) is 25.8 Å². The van der Waals surface area contributed by atoms with E-state index < -0.39 is 5.91 Å². The molecule has 0 aliphatic carbocycles. The first-order valence-electron chi connectivity index (χ1n) is 4.93. The Hall–Kier alpha value is -1.56. The van der Waals surface area contributed by atoms with Crippen molar-refractivity contribution in [2.24, 2.45) is 11.7 Å². The number of nitrogens with zero attached hydrogens (tertiary/aromatic N) is 2.